The Morgan fingerprint density at radius 3 is 2.52 bits per heavy atom. The molecule has 0 atom stereocenters. The number of hydrazine groups is 1. The van der Waals surface area contributed by atoms with Crippen molar-refractivity contribution in [2.75, 3.05) is 5.43 Å². The number of aliphatic imine (C=N–C) groups is 1. The van der Waals surface area contributed by atoms with E-state index < -0.39 is 17.5 Å². The van der Waals surface area contributed by atoms with Gasteiger partial charge in [0.15, 0.2) is 11.6 Å². The fraction of sp³-hybridized carbons (Fsp3) is 0.118. The van der Waals surface area contributed by atoms with Crippen LogP contribution in [0.1, 0.15) is 18.1 Å². The van der Waals surface area contributed by atoms with Crippen molar-refractivity contribution in [3.8, 4) is 6.07 Å². The quantitative estimate of drug-likeness (QED) is 0.501. The Labute approximate surface area is 141 Å². The van der Waals surface area contributed by atoms with Gasteiger partial charge in [0, 0.05) is 6.92 Å². The Morgan fingerprint density at radius 2 is 1.88 bits per heavy atom. The van der Waals surface area contributed by atoms with Gasteiger partial charge in [0.1, 0.15) is 0 Å². The van der Waals surface area contributed by atoms with Crippen molar-refractivity contribution < 1.29 is 18.0 Å². The van der Waals surface area contributed by atoms with Gasteiger partial charge in [-0.05, 0) is 30.3 Å². The summed E-state index contributed by atoms with van der Waals surface area (Å²) in [6, 6.07) is 12.9. The summed E-state index contributed by atoms with van der Waals surface area (Å²) >= 11 is 0. The molecule has 0 amide bonds. The molecule has 8 heteroatoms. The number of para-hydroxylation sites is 1. The van der Waals surface area contributed by atoms with Crippen LogP contribution in [0.25, 0.3) is 0 Å². The lowest BCUT2D eigenvalue weighted by molar-refractivity contribution is -0.137. The fourth-order valence-electron chi connectivity index (χ4n) is 1.93. The molecule has 0 aliphatic rings. The number of benzene rings is 2. The van der Waals surface area contributed by atoms with Crippen molar-refractivity contribution in [2.45, 2.75) is 13.1 Å². The van der Waals surface area contributed by atoms with Crippen LogP contribution in [0.5, 0.6) is 0 Å². The van der Waals surface area contributed by atoms with E-state index in [1.54, 1.807) is 18.2 Å². The largest absolute Gasteiger partial charge is 0.418 e. The third kappa shape index (κ3) is 4.81. The molecule has 0 fully saturated rings. The molecule has 0 spiro atoms. The standard InChI is InChI=1S/C17H13F3N4O/c1-11(25)16(22-13-6-4-5-12(9-13)10-21)24-23-15-8-3-2-7-14(15)17(18,19)20/h2-9,23H,1H3,(H,22,24). The van der Waals surface area contributed by atoms with Gasteiger partial charge in [-0.2, -0.15) is 18.4 Å². The molecule has 25 heavy (non-hydrogen) atoms. The smallest absolute Gasteiger partial charge is 0.299 e. The lowest BCUT2D eigenvalue weighted by atomic mass is 10.2. The number of nitrogens with zero attached hydrogens (tertiary/aromatic N) is 2. The highest BCUT2D eigenvalue weighted by atomic mass is 19.4. The Morgan fingerprint density at radius 1 is 1.16 bits per heavy atom. The molecule has 0 saturated heterocycles. The molecule has 2 aromatic rings. The van der Waals surface area contributed by atoms with Crippen molar-refractivity contribution in [1.82, 2.24) is 5.43 Å². The molecule has 5 nitrogen and oxygen atoms in total. The number of anilines is 1. The molecular weight excluding hydrogens is 333 g/mol. The molecular formula is C17H13F3N4O. The van der Waals surface area contributed by atoms with Crippen molar-refractivity contribution in [1.29, 1.82) is 5.26 Å². The van der Waals surface area contributed by atoms with Gasteiger partial charge < -0.3 is 0 Å². The Kier molecular flexibility index (Phi) is 5.39. The van der Waals surface area contributed by atoms with Crippen LogP contribution in [0, 0.1) is 11.3 Å². The monoisotopic (exact) mass is 346 g/mol. The first-order valence-corrected chi connectivity index (χ1v) is 7.09. The number of rotatable bonds is 4. The second-order valence-electron chi connectivity index (χ2n) is 4.97. The lowest BCUT2D eigenvalue weighted by Gasteiger charge is -2.15. The highest BCUT2D eigenvalue weighted by molar-refractivity contribution is 6.38. The molecule has 2 aromatic carbocycles. The van der Waals surface area contributed by atoms with Gasteiger partial charge in [-0.25, -0.2) is 4.99 Å². The average molecular weight is 346 g/mol. The molecule has 0 aliphatic carbocycles. The Hall–Kier alpha value is -3.34. The van der Waals surface area contributed by atoms with E-state index in [4.69, 9.17) is 5.26 Å². The van der Waals surface area contributed by atoms with Gasteiger partial charge in [0.05, 0.1) is 28.6 Å². The minimum absolute atomic E-state index is 0.188. The first kappa shape index (κ1) is 18.0. The van der Waals surface area contributed by atoms with Gasteiger partial charge in [0.2, 0.25) is 0 Å². The first-order valence-electron chi connectivity index (χ1n) is 7.09. The van der Waals surface area contributed by atoms with E-state index in [-0.39, 0.29) is 11.5 Å². The number of hydrogen-bond acceptors (Lipinski definition) is 4. The zero-order valence-corrected chi connectivity index (χ0v) is 13.1. The van der Waals surface area contributed by atoms with E-state index in [1.807, 2.05) is 6.07 Å². The van der Waals surface area contributed by atoms with Crippen molar-refractivity contribution in [3.05, 3.63) is 59.7 Å². The summed E-state index contributed by atoms with van der Waals surface area (Å²) in [7, 11) is 0. The molecule has 0 bridgehead atoms. The SMILES string of the molecule is CC(=O)C(=Nc1cccc(C#N)c1)NNc1ccccc1C(F)(F)F. The minimum Gasteiger partial charge on any atom is -0.299 e. The molecule has 0 saturated carbocycles. The number of hydrogen-bond donors (Lipinski definition) is 2. The van der Waals surface area contributed by atoms with E-state index in [0.29, 0.717) is 11.3 Å². The van der Waals surface area contributed by atoms with Crippen LogP contribution >= 0.6 is 0 Å². The van der Waals surface area contributed by atoms with Crippen molar-refractivity contribution >= 4 is 23.0 Å². The summed E-state index contributed by atoms with van der Waals surface area (Å²) in [5.74, 6) is -0.675. The molecule has 0 aliphatic heterocycles. The van der Waals surface area contributed by atoms with Crippen molar-refractivity contribution in [3.63, 3.8) is 0 Å². The Balaban J connectivity index is 2.26. The summed E-state index contributed by atoms with van der Waals surface area (Å²) in [5.41, 5.74) is 4.31. The number of Topliss-reactive ketones (excluding diaryl/α,β-unsaturated/α-hetero) is 1. The van der Waals surface area contributed by atoms with Gasteiger partial charge in [-0.15, -0.1) is 0 Å². The summed E-state index contributed by atoms with van der Waals surface area (Å²) in [4.78, 5) is 15.7. The maximum Gasteiger partial charge on any atom is 0.418 e. The van der Waals surface area contributed by atoms with Crippen LogP contribution in [0.3, 0.4) is 0 Å². The third-order valence-electron chi connectivity index (χ3n) is 3.10. The second kappa shape index (κ2) is 7.49. The first-order chi connectivity index (χ1) is 11.8. The summed E-state index contributed by atoms with van der Waals surface area (Å²) in [6.45, 7) is 1.22. The van der Waals surface area contributed by atoms with Gasteiger partial charge in [0.25, 0.3) is 0 Å². The van der Waals surface area contributed by atoms with Crippen molar-refractivity contribution in [2.24, 2.45) is 4.99 Å². The summed E-state index contributed by atoms with van der Waals surface area (Å²) < 4.78 is 38.9. The zero-order chi connectivity index (χ0) is 18.4. The van der Waals surface area contributed by atoms with Crippen LogP contribution in [0.2, 0.25) is 0 Å². The highest BCUT2D eigenvalue weighted by Gasteiger charge is 2.33. The fourth-order valence-corrected chi connectivity index (χ4v) is 1.93. The number of nitriles is 1. The van der Waals surface area contributed by atoms with Gasteiger partial charge in [-0.1, -0.05) is 18.2 Å². The van der Waals surface area contributed by atoms with E-state index in [1.165, 1.54) is 31.2 Å². The van der Waals surface area contributed by atoms with Crippen LogP contribution in [-0.4, -0.2) is 11.6 Å². The van der Waals surface area contributed by atoms with Gasteiger partial charge >= 0.3 is 6.18 Å². The molecule has 0 unspecified atom stereocenters. The highest BCUT2D eigenvalue weighted by Crippen LogP contribution is 2.34. The van der Waals surface area contributed by atoms with Crippen LogP contribution in [0.15, 0.2) is 53.5 Å². The number of ketones is 1. The predicted molar refractivity (Wildman–Crippen MR) is 87.1 cm³/mol. The van der Waals surface area contributed by atoms with Gasteiger partial charge in [-0.3, -0.25) is 15.6 Å². The normalized spacial score (nSPS) is 11.6. The number of halogens is 3. The second-order valence-corrected chi connectivity index (χ2v) is 4.97. The molecule has 2 N–H and O–H groups in total. The van der Waals surface area contributed by atoms with Crippen LogP contribution < -0.4 is 10.9 Å². The molecule has 2 rings (SSSR count). The number of carbonyl (C=O) groups excluding carboxylic acids is 1. The number of alkyl halides is 3. The molecule has 0 heterocycles. The molecule has 128 valence electrons. The number of amidine groups is 1. The maximum atomic E-state index is 13.0. The Bertz CT molecular complexity index is 853. The average Bonchev–Trinajstić information content (AvgIpc) is 2.58. The number of nitrogens with one attached hydrogen (secondary N) is 2. The topological polar surface area (TPSA) is 77.3 Å². The van der Waals surface area contributed by atoms with E-state index >= 15 is 0 Å². The molecule has 0 radical (unpaired) electrons. The third-order valence-corrected chi connectivity index (χ3v) is 3.10. The number of carbonyl (C=O) groups is 1. The van der Waals surface area contributed by atoms with E-state index in [2.05, 4.69) is 15.8 Å². The van der Waals surface area contributed by atoms with E-state index in [0.717, 1.165) is 6.07 Å². The van der Waals surface area contributed by atoms with E-state index in [9.17, 15) is 18.0 Å². The predicted octanol–water partition coefficient (Wildman–Crippen LogP) is 3.81. The summed E-state index contributed by atoms with van der Waals surface area (Å²) in [5, 5.41) is 8.86. The van der Waals surface area contributed by atoms with Crippen LogP contribution in [-0.2, 0) is 11.0 Å². The lowest BCUT2D eigenvalue weighted by Crippen LogP contribution is -2.35. The maximum absolute atomic E-state index is 13.0. The minimum atomic E-state index is -4.54. The summed E-state index contributed by atoms with van der Waals surface area (Å²) in [6.07, 6.45) is -4.54. The molecule has 0 aromatic heterocycles. The zero-order valence-electron chi connectivity index (χ0n) is 13.1. The van der Waals surface area contributed by atoms with Crippen LogP contribution in [0.4, 0.5) is 24.5 Å².